The van der Waals surface area contributed by atoms with Crippen molar-refractivity contribution in [3.63, 3.8) is 0 Å². The van der Waals surface area contributed by atoms with Crippen LogP contribution in [0, 0.1) is 0 Å². The Hall–Kier alpha value is -0.870. The molecule has 1 unspecified atom stereocenters. The lowest BCUT2D eigenvalue weighted by Crippen LogP contribution is -2.34. The van der Waals surface area contributed by atoms with Gasteiger partial charge in [0.05, 0.1) is 6.61 Å². The van der Waals surface area contributed by atoms with Crippen molar-refractivity contribution >= 4 is 17.3 Å². The Labute approximate surface area is 114 Å². The van der Waals surface area contributed by atoms with Crippen molar-refractivity contribution in [1.82, 2.24) is 5.32 Å². The molecule has 18 heavy (non-hydrogen) atoms. The number of carbonyl (C=O) groups excluding carboxylic acids is 1. The molecule has 4 heteroatoms. The fraction of sp³-hybridized carbons (Fsp3) is 0.643. The van der Waals surface area contributed by atoms with Gasteiger partial charge >= 0.3 is 5.97 Å². The first-order valence-corrected chi connectivity index (χ1v) is 7.15. The van der Waals surface area contributed by atoms with Crippen molar-refractivity contribution in [3.05, 3.63) is 21.9 Å². The summed E-state index contributed by atoms with van der Waals surface area (Å²) < 4.78 is 4.95. The van der Waals surface area contributed by atoms with Crippen molar-refractivity contribution in [2.75, 3.05) is 6.61 Å². The maximum absolute atomic E-state index is 11.4. The summed E-state index contributed by atoms with van der Waals surface area (Å²) in [5, 5.41) is 3.18. The maximum Gasteiger partial charge on any atom is 0.322 e. The van der Waals surface area contributed by atoms with Crippen LogP contribution in [0.5, 0.6) is 0 Å². The van der Waals surface area contributed by atoms with E-state index in [9.17, 15) is 4.79 Å². The van der Waals surface area contributed by atoms with E-state index in [0.717, 1.165) is 0 Å². The molecular formula is C14H23NO2S. The molecule has 1 rings (SSSR count). The molecule has 0 amide bonds. The number of esters is 1. The third-order valence-electron chi connectivity index (χ3n) is 2.62. The van der Waals surface area contributed by atoms with E-state index in [1.54, 1.807) is 11.3 Å². The van der Waals surface area contributed by atoms with Gasteiger partial charge in [-0.2, -0.15) is 0 Å². The first kappa shape index (κ1) is 15.2. The molecule has 0 saturated carbocycles. The molecular weight excluding hydrogens is 246 g/mol. The number of ether oxygens (including phenoxy) is 1. The number of nitrogens with one attached hydrogen (secondary N) is 1. The Morgan fingerprint density at radius 1 is 1.44 bits per heavy atom. The second kappa shape index (κ2) is 6.34. The molecule has 0 radical (unpaired) electrons. The van der Waals surface area contributed by atoms with Crippen LogP contribution in [0.25, 0.3) is 0 Å². The summed E-state index contributed by atoms with van der Waals surface area (Å²) in [6.07, 6.45) is 0. The molecule has 0 fully saturated rings. The smallest absolute Gasteiger partial charge is 0.322 e. The molecule has 102 valence electrons. The zero-order valence-corrected chi connectivity index (χ0v) is 12.7. The molecule has 1 N–H and O–H groups in total. The molecule has 0 bridgehead atoms. The lowest BCUT2D eigenvalue weighted by atomic mass is 9.95. The van der Waals surface area contributed by atoms with Gasteiger partial charge in [0.15, 0.2) is 0 Å². The van der Waals surface area contributed by atoms with Gasteiger partial charge in [0.2, 0.25) is 0 Å². The number of rotatable bonds is 5. The first-order chi connectivity index (χ1) is 8.34. The fourth-order valence-electron chi connectivity index (χ4n) is 1.48. The molecule has 0 aliphatic heterocycles. The van der Waals surface area contributed by atoms with Gasteiger partial charge < -0.3 is 4.74 Å². The highest BCUT2D eigenvalue weighted by Gasteiger charge is 2.17. The summed E-state index contributed by atoms with van der Waals surface area (Å²) in [5.74, 6) is -0.190. The average molecular weight is 269 g/mol. The normalized spacial score (nSPS) is 13.4. The Kier molecular flexibility index (Phi) is 5.35. The zero-order chi connectivity index (χ0) is 13.8. The van der Waals surface area contributed by atoms with Crippen molar-refractivity contribution in [2.45, 2.75) is 52.6 Å². The predicted molar refractivity (Wildman–Crippen MR) is 76.0 cm³/mol. The quantitative estimate of drug-likeness (QED) is 0.835. The van der Waals surface area contributed by atoms with E-state index in [4.69, 9.17) is 4.74 Å². The van der Waals surface area contributed by atoms with E-state index < -0.39 is 0 Å². The van der Waals surface area contributed by atoms with Gasteiger partial charge in [0.25, 0.3) is 0 Å². The molecule has 0 spiro atoms. The summed E-state index contributed by atoms with van der Waals surface area (Å²) in [7, 11) is 0. The van der Waals surface area contributed by atoms with E-state index in [-0.39, 0.29) is 17.4 Å². The minimum atomic E-state index is -0.259. The summed E-state index contributed by atoms with van der Waals surface area (Å²) in [6, 6.07) is 4.03. The van der Waals surface area contributed by atoms with E-state index in [2.05, 4.69) is 38.2 Å². The van der Waals surface area contributed by atoms with Crippen LogP contribution in [0.4, 0.5) is 0 Å². The van der Waals surface area contributed by atoms with Crippen LogP contribution in [0.2, 0.25) is 0 Å². The highest BCUT2D eigenvalue weighted by atomic mass is 32.1. The Bertz CT molecular complexity index is 393. The van der Waals surface area contributed by atoms with Gasteiger partial charge in [-0.15, -0.1) is 11.3 Å². The van der Waals surface area contributed by atoms with Crippen LogP contribution in [-0.2, 0) is 21.5 Å². The summed E-state index contributed by atoms with van der Waals surface area (Å²) in [6.45, 7) is 11.4. The van der Waals surface area contributed by atoms with Gasteiger partial charge in [-0.1, -0.05) is 20.8 Å². The molecule has 1 aromatic heterocycles. The largest absolute Gasteiger partial charge is 0.465 e. The molecule has 1 heterocycles. The van der Waals surface area contributed by atoms with Crippen molar-refractivity contribution in [1.29, 1.82) is 0 Å². The Morgan fingerprint density at radius 2 is 2.11 bits per heavy atom. The Balaban J connectivity index is 2.49. The van der Waals surface area contributed by atoms with Crippen LogP contribution in [-0.4, -0.2) is 18.6 Å². The highest BCUT2D eigenvalue weighted by Crippen LogP contribution is 2.29. The number of hydrogen-bond acceptors (Lipinski definition) is 4. The second-order valence-corrected chi connectivity index (χ2v) is 6.54. The second-order valence-electron chi connectivity index (χ2n) is 5.37. The minimum absolute atomic E-state index is 0.190. The third kappa shape index (κ3) is 4.42. The number of carbonyl (C=O) groups is 1. The fourth-order valence-corrected chi connectivity index (χ4v) is 2.50. The van der Waals surface area contributed by atoms with E-state index in [0.29, 0.717) is 13.2 Å². The van der Waals surface area contributed by atoms with Crippen LogP contribution >= 0.6 is 11.3 Å². The van der Waals surface area contributed by atoms with Crippen LogP contribution in [0.1, 0.15) is 44.4 Å². The third-order valence-corrected chi connectivity index (χ3v) is 4.13. The van der Waals surface area contributed by atoms with Gasteiger partial charge in [0, 0.05) is 16.3 Å². The van der Waals surface area contributed by atoms with E-state index >= 15 is 0 Å². The van der Waals surface area contributed by atoms with Gasteiger partial charge in [-0.25, -0.2) is 0 Å². The van der Waals surface area contributed by atoms with Crippen LogP contribution < -0.4 is 5.32 Å². The van der Waals surface area contributed by atoms with Crippen LogP contribution in [0.15, 0.2) is 12.1 Å². The molecule has 1 atom stereocenters. The van der Waals surface area contributed by atoms with E-state index in [1.165, 1.54) is 9.75 Å². The highest BCUT2D eigenvalue weighted by molar-refractivity contribution is 7.12. The SMILES string of the molecule is CCOC(=O)C(C)NCc1ccc(C(C)(C)C)s1. The molecule has 1 aromatic rings. The van der Waals surface area contributed by atoms with Gasteiger partial charge in [0.1, 0.15) is 6.04 Å². The lowest BCUT2D eigenvalue weighted by Gasteiger charge is -2.15. The molecule has 0 aliphatic rings. The monoisotopic (exact) mass is 269 g/mol. The molecule has 0 aromatic carbocycles. The molecule has 3 nitrogen and oxygen atoms in total. The zero-order valence-electron chi connectivity index (χ0n) is 11.9. The van der Waals surface area contributed by atoms with Crippen molar-refractivity contribution in [2.24, 2.45) is 0 Å². The van der Waals surface area contributed by atoms with Crippen molar-refractivity contribution in [3.8, 4) is 0 Å². The Morgan fingerprint density at radius 3 is 2.61 bits per heavy atom. The van der Waals surface area contributed by atoms with Gasteiger partial charge in [-0.05, 0) is 31.4 Å². The van der Waals surface area contributed by atoms with Gasteiger partial charge in [-0.3, -0.25) is 10.1 Å². The summed E-state index contributed by atoms with van der Waals surface area (Å²) in [4.78, 5) is 14.1. The lowest BCUT2D eigenvalue weighted by molar-refractivity contribution is -0.145. The molecule has 0 aliphatic carbocycles. The topological polar surface area (TPSA) is 38.3 Å². The van der Waals surface area contributed by atoms with E-state index in [1.807, 2.05) is 13.8 Å². The first-order valence-electron chi connectivity index (χ1n) is 6.33. The van der Waals surface area contributed by atoms with Crippen LogP contribution in [0.3, 0.4) is 0 Å². The molecule has 0 saturated heterocycles. The summed E-state index contributed by atoms with van der Waals surface area (Å²) in [5.41, 5.74) is 0.190. The maximum atomic E-state index is 11.4. The summed E-state index contributed by atoms with van der Waals surface area (Å²) >= 11 is 1.79. The standard InChI is InChI=1S/C14H23NO2S/c1-6-17-13(16)10(2)15-9-11-7-8-12(18-11)14(3,4)5/h7-8,10,15H,6,9H2,1-5H3. The number of hydrogen-bond donors (Lipinski definition) is 1. The van der Waals surface area contributed by atoms with Crippen molar-refractivity contribution < 1.29 is 9.53 Å². The minimum Gasteiger partial charge on any atom is -0.465 e. The number of thiophene rings is 1. The predicted octanol–water partition coefficient (Wildman–Crippen LogP) is 3.09. The average Bonchev–Trinajstić information content (AvgIpc) is 2.74.